The van der Waals surface area contributed by atoms with Crippen LogP contribution in [0.2, 0.25) is 5.02 Å². The Morgan fingerprint density at radius 3 is 2.89 bits per heavy atom. The Bertz CT molecular complexity index is 601. The highest BCUT2D eigenvalue weighted by atomic mass is 79.9. The predicted octanol–water partition coefficient (Wildman–Crippen LogP) is 4.06. The molecule has 0 unspecified atom stereocenters. The van der Waals surface area contributed by atoms with E-state index in [1.54, 1.807) is 30.5 Å². The summed E-state index contributed by atoms with van der Waals surface area (Å²) in [5, 5.41) is 3.17. The minimum Gasteiger partial charge on any atom is -0.306 e. The van der Waals surface area contributed by atoms with Crippen LogP contribution >= 0.6 is 27.5 Å². The fourth-order valence-electron chi connectivity index (χ4n) is 1.48. The number of carbonyl (C=O) groups is 1. The molecule has 0 saturated carbocycles. The van der Waals surface area contributed by atoms with Crippen LogP contribution in [0.15, 0.2) is 41.0 Å². The topological polar surface area (TPSA) is 42.0 Å². The molecule has 3 nitrogen and oxygen atoms in total. The van der Waals surface area contributed by atoms with Crippen LogP contribution in [0.4, 0.5) is 5.82 Å². The number of amides is 1. The predicted molar refractivity (Wildman–Crippen MR) is 76.1 cm³/mol. The molecule has 1 heterocycles. The van der Waals surface area contributed by atoms with Crippen LogP contribution in [0.3, 0.4) is 0 Å². The fourth-order valence-corrected chi connectivity index (χ4v) is 2.03. The number of benzene rings is 1. The Labute approximate surface area is 118 Å². The van der Waals surface area contributed by atoms with Gasteiger partial charge >= 0.3 is 0 Å². The highest BCUT2D eigenvalue weighted by Gasteiger charge is 2.12. The molecular weight excluding hydrogens is 316 g/mol. The number of halogens is 2. The van der Waals surface area contributed by atoms with E-state index in [0.29, 0.717) is 16.4 Å². The fraction of sp³-hybridized carbons (Fsp3) is 0.0769. The van der Waals surface area contributed by atoms with Crippen LogP contribution < -0.4 is 5.32 Å². The SMILES string of the molecule is Cc1cccc(C(=O)Nc2cc(Br)ccn2)c1Cl. The van der Waals surface area contributed by atoms with Crippen LogP contribution in [0.5, 0.6) is 0 Å². The summed E-state index contributed by atoms with van der Waals surface area (Å²) in [6, 6.07) is 8.85. The van der Waals surface area contributed by atoms with Crippen LogP contribution in [0, 0.1) is 6.92 Å². The van der Waals surface area contributed by atoms with Gasteiger partial charge in [0.05, 0.1) is 10.6 Å². The number of pyridine rings is 1. The second-order valence-corrected chi connectivity index (χ2v) is 5.04. The summed E-state index contributed by atoms with van der Waals surface area (Å²) in [4.78, 5) is 16.1. The molecule has 5 heteroatoms. The van der Waals surface area contributed by atoms with E-state index in [0.717, 1.165) is 10.0 Å². The van der Waals surface area contributed by atoms with Gasteiger partial charge in [-0.15, -0.1) is 0 Å². The smallest absolute Gasteiger partial charge is 0.258 e. The monoisotopic (exact) mass is 324 g/mol. The number of hydrogen-bond acceptors (Lipinski definition) is 2. The van der Waals surface area contributed by atoms with Crippen molar-refractivity contribution in [1.82, 2.24) is 4.98 Å². The number of aryl methyl sites for hydroxylation is 1. The zero-order chi connectivity index (χ0) is 13.1. The average molecular weight is 326 g/mol. The molecule has 0 saturated heterocycles. The lowest BCUT2D eigenvalue weighted by molar-refractivity contribution is 0.102. The first kappa shape index (κ1) is 13.1. The van der Waals surface area contributed by atoms with E-state index in [4.69, 9.17) is 11.6 Å². The van der Waals surface area contributed by atoms with Crippen LogP contribution in [0.1, 0.15) is 15.9 Å². The van der Waals surface area contributed by atoms with Gasteiger partial charge in [-0.1, -0.05) is 39.7 Å². The molecule has 92 valence electrons. The van der Waals surface area contributed by atoms with E-state index in [1.807, 2.05) is 13.0 Å². The van der Waals surface area contributed by atoms with Crippen molar-refractivity contribution in [3.8, 4) is 0 Å². The second-order valence-electron chi connectivity index (χ2n) is 3.75. The number of carbonyl (C=O) groups excluding carboxylic acids is 1. The maximum absolute atomic E-state index is 12.0. The van der Waals surface area contributed by atoms with Crippen molar-refractivity contribution in [2.24, 2.45) is 0 Å². The third-order valence-corrected chi connectivity index (χ3v) is 3.39. The third kappa shape index (κ3) is 2.89. The minimum absolute atomic E-state index is 0.269. The average Bonchev–Trinajstić information content (AvgIpc) is 2.32. The summed E-state index contributed by atoms with van der Waals surface area (Å²) in [7, 11) is 0. The number of hydrogen-bond donors (Lipinski definition) is 1. The molecule has 0 aliphatic carbocycles. The lowest BCUT2D eigenvalue weighted by atomic mass is 10.1. The maximum atomic E-state index is 12.0. The first-order chi connectivity index (χ1) is 8.58. The van der Waals surface area contributed by atoms with Gasteiger partial charge in [0.2, 0.25) is 0 Å². The lowest BCUT2D eigenvalue weighted by Crippen LogP contribution is -2.13. The van der Waals surface area contributed by atoms with E-state index in [1.165, 1.54) is 0 Å². The van der Waals surface area contributed by atoms with Crippen molar-refractivity contribution in [3.63, 3.8) is 0 Å². The molecule has 0 aliphatic rings. The van der Waals surface area contributed by atoms with Gasteiger partial charge in [0, 0.05) is 10.7 Å². The normalized spacial score (nSPS) is 10.2. The summed E-state index contributed by atoms with van der Waals surface area (Å²) in [5.74, 6) is 0.209. The first-order valence-corrected chi connectivity index (χ1v) is 6.43. The van der Waals surface area contributed by atoms with Crippen molar-refractivity contribution in [1.29, 1.82) is 0 Å². The summed E-state index contributed by atoms with van der Waals surface area (Å²) >= 11 is 9.41. The molecule has 0 spiro atoms. The molecule has 1 aromatic carbocycles. The van der Waals surface area contributed by atoms with Crippen LogP contribution in [-0.2, 0) is 0 Å². The summed E-state index contributed by atoms with van der Waals surface area (Å²) < 4.78 is 0.850. The first-order valence-electron chi connectivity index (χ1n) is 5.26. The second kappa shape index (κ2) is 5.50. The van der Waals surface area contributed by atoms with Gasteiger partial charge in [-0.25, -0.2) is 4.98 Å². The molecule has 0 fully saturated rings. The van der Waals surface area contributed by atoms with Crippen molar-refractivity contribution < 1.29 is 4.79 Å². The number of anilines is 1. The Morgan fingerprint density at radius 1 is 1.39 bits per heavy atom. The molecule has 0 radical (unpaired) electrons. The zero-order valence-electron chi connectivity index (χ0n) is 9.58. The molecular formula is C13H10BrClN2O. The molecule has 0 aliphatic heterocycles. The largest absolute Gasteiger partial charge is 0.306 e. The zero-order valence-corrected chi connectivity index (χ0v) is 11.9. The van der Waals surface area contributed by atoms with Crippen molar-refractivity contribution in [3.05, 3.63) is 57.2 Å². The van der Waals surface area contributed by atoms with E-state index in [2.05, 4.69) is 26.2 Å². The van der Waals surface area contributed by atoms with Crippen molar-refractivity contribution >= 4 is 39.3 Å². The van der Waals surface area contributed by atoms with Crippen molar-refractivity contribution in [2.45, 2.75) is 6.92 Å². The molecule has 2 rings (SSSR count). The van der Waals surface area contributed by atoms with Crippen LogP contribution in [-0.4, -0.2) is 10.9 Å². The van der Waals surface area contributed by atoms with Gasteiger partial charge < -0.3 is 5.32 Å². The third-order valence-electron chi connectivity index (χ3n) is 2.40. The number of nitrogens with zero attached hydrogens (tertiary/aromatic N) is 1. The van der Waals surface area contributed by atoms with E-state index >= 15 is 0 Å². The molecule has 0 atom stereocenters. The summed E-state index contributed by atoms with van der Waals surface area (Å²) in [6.45, 7) is 1.86. The standard InChI is InChI=1S/C13H10BrClN2O/c1-8-3-2-4-10(12(8)15)13(18)17-11-7-9(14)5-6-16-11/h2-7H,1H3,(H,16,17,18). The Kier molecular flexibility index (Phi) is 3.99. The Morgan fingerprint density at radius 2 is 2.17 bits per heavy atom. The lowest BCUT2D eigenvalue weighted by Gasteiger charge is -2.07. The maximum Gasteiger partial charge on any atom is 0.258 e. The minimum atomic E-state index is -0.269. The van der Waals surface area contributed by atoms with E-state index < -0.39 is 0 Å². The Balaban J connectivity index is 2.25. The number of nitrogens with one attached hydrogen (secondary N) is 1. The summed E-state index contributed by atoms with van der Waals surface area (Å²) in [6.07, 6.45) is 1.61. The Hall–Kier alpha value is -1.39. The van der Waals surface area contributed by atoms with Gasteiger partial charge in [0.25, 0.3) is 5.91 Å². The highest BCUT2D eigenvalue weighted by Crippen LogP contribution is 2.21. The van der Waals surface area contributed by atoms with Gasteiger partial charge in [-0.05, 0) is 30.7 Å². The molecule has 0 bridgehead atoms. The van der Waals surface area contributed by atoms with Crippen LogP contribution in [0.25, 0.3) is 0 Å². The molecule has 2 aromatic rings. The van der Waals surface area contributed by atoms with Gasteiger partial charge in [0.15, 0.2) is 0 Å². The van der Waals surface area contributed by atoms with Crippen molar-refractivity contribution in [2.75, 3.05) is 5.32 Å². The number of aromatic nitrogens is 1. The van der Waals surface area contributed by atoms with Gasteiger partial charge in [0.1, 0.15) is 5.82 Å². The quantitative estimate of drug-likeness (QED) is 0.905. The summed E-state index contributed by atoms with van der Waals surface area (Å²) in [5.41, 5.74) is 1.31. The van der Waals surface area contributed by atoms with E-state index in [-0.39, 0.29) is 5.91 Å². The number of rotatable bonds is 2. The van der Waals surface area contributed by atoms with Gasteiger partial charge in [-0.2, -0.15) is 0 Å². The molecule has 1 aromatic heterocycles. The van der Waals surface area contributed by atoms with Gasteiger partial charge in [-0.3, -0.25) is 4.79 Å². The molecule has 1 amide bonds. The molecule has 1 N–H and O–H groups in total. The van der Waals surface area contributed by atoms with E-state index in [9.17, 15) is 4.79 Å². The highest BCUT2D eigenvalue weighted by molar-refractivity contribution is 9.10. The molecule has 18 heavy (non-hydrogen) atoms.